The van der Waals surface area contributed by atoms with E-state index in [0.29, 0.717) is 24.0 Å². The maximum absolute atomic E-state index is 11.3. The highest BCUT2D eigenvalue weighted by atomic mass is 35.5. The van der Waals surface area contributed by atoms with Crippen molar-refractivity contribution in [3.05, 3.63) is 29.6 Å². The van der Waals surface area contributed by atoms with Gasteiger partial charge < -0.3 is 9.88 Å². The fraction of sp³-hybridized carbons (Fsp3) is 0.357. The molecule has 20 heavy (non-hydrogen) atoms. The lowest BCUT2D eigenvalue weighted by Gasteiger charge is -2.25. The van der Waals surface area contributed by atoms with Gasteiger partial charge in [-0.1, -0.05) is 6.07 Å². The van der Waals surface area contributed by atoms with E-state index in [1.165, 1.54) is 0 Å². The molecule has 1 atom stereocenters. The van der Waals surface area contributed by atoms with Crippen LogP contribution in [0.5, 0.6) is 0 Å². The minimum absolute atomic E-state index is 0.0795. The number of alkyl halides is 1. The van der Waals surface area contributed by atoms with Crippen molar-refractivity contribution in [2.75, 3.05) is 6.54 Å². The average Bonchev–Trinajstić information content (AvgIpc) is 2.86. The first-order chi connectivity index (χ1) is 9.74. The molecule has 0 saturated carbocycles. The summed E-state index contributed by atoms with van der Waals surface area (Å²) in [5, 5.41) is 12.0. The van der Waals surface area contributed by atoms with Crippen molar-refractivity contribution >= 4 is 28.5 Å². The molecule has 1 unspecified atom stereocenters. The Morgan fingerprint density at radius 2 is 2.40 bits per heavy atom. The first kappa shape index (κ1) is 12.9. The van der Waals surface area contributed by atoms with E-state index in [1.54, 1.807) is 6.07 Å². The molecule has 2 aromatic rings. The minimum atomic E-state index is 0.0795. The number of fused-ring (bicyclic) bond motifs is 1. The topological polar surface area (TPSA) is 70.7 Å². The van der Waals surface area contributed by atoms with Gasteiger partial charge in [0.1, 0.15) is 17.4 Å². The minimum Gasteiger partial charge on any atom is -0.354 e. The molecule has 102 valence electrons. The van der Waals surface area contributed by atoms with Gasteiger partial charge in [0.25, 0.3) is 0 Å². The van der Waals surface area contributed by atoms with Gasteiger partial charge in [-0.25, -0.2) is 4.98 Å². The summed E-state index contributed by atoms with van der Waals surface area (Å²) < 4.78 is 2.06. The van der Waals surface area contributed by atoms with Crippen LogP contribution in [0.3, 0.4) is 0 Å². The Bertz CT molecular complexity index is 706. The summed E-state index contributed by atoms with van der Waals surface area (Å²) in [5.74, 6) is 1.10. The van der Waals surface area contributed by atoms with Crippen molar-refractivity contribution in [2.24, 2.45) is 0 Å². The molecule has 0 bridgehead atoms. The number of nitriles is 1. The Hall–Kier alpha value is -2.06. The average molecular weight is 289 g/mol. The summed E-state index contributed by atoms with van der Waals surface area (Å²) in [4.78, 5) is 15.8. The first-order valence-electron chi connectivity index (χ1n) is 6.47. The van der Waals surface area contributed by atoms with Crippen LogP contribution in [0.2, 0.25) is 0 Å². The molecule has 6 heteroatoms. The lowest BCUT2D eigenvalue weighted by atomic mass is 10.1. The second kappa shape index (κ2) is 5.14. The van der Waals surface area contributed by atoms with Gasteiger partial charge in [-0.2, -0.15) is 5.26 Å². The van der Waals surface area contributed by atoms with Gasteiger partial charge in [0, 0.05) is 13.0 Å². The zero-order chi connectivity index (χ0) is 14.1. The lowest BCUT2D eigenvalue weighted by Crippen LogP contribution is -2.36. The molecule has 1 aliphatic rings. The molecular formula is C14H13ClN4O. The van der Waals surface area contributed by atoms with Crippen molar-refractivity contribution in [2.45, 2.75) is 24.8 Å². The summed E-state index contributed by atoms with van der Waals surface area (Å²) in [7, 11) is 0. The summed E-state index contributed by atoms with van der Waals surface area (Å²) in [5.41, 5.74) is 2.14. The number of amides is 1. The van der Waals surface area contributed by atoms with E-state index < -0.39 is 0 Å². The normalized spacial score (nSPS) is 18.8. The van der Waals surface area contributed by atoms with E-state index in [4.69, 9.17) is 16.9 Å². The monoisotopic (exact) mass is 288 g/mol. The van der Waals surface area contributed by atoms with Crippen molar-refractivity contribution < 1.29 is 4.79 Å². The third kappa shape index (κ3) is 2.02. The van der Waals surface area contributed by atoms with E-state index in [9.17, 15) is 4.79 Å². The number of benzene rings is 1. The van der Waals surface area contributed by atoms with Crippen LogP contribution < -0.4 is 5.32 Å². The molecule has 1 amide bonds. The summed E-state index contributed by atoms with van der Waals surface area (Å²) in [6, 6.07) is 7.83. The number of para-hydroxylation sites is 1. The predicted molar refractivity (Wildman–Crippen MR) is 75.3 cm³/mol. The molecule has 1 fully saturated rings. The fourth-order valence-electron chi connectivity index (χ4n) is 2.70. The maximum atomic E-state index is 11.3. The Labute approximate surface area is 121 Å². The number of hydrogen-bond donors (Lipinski definition) is 1. The van der Waals surface area contributed by atoms with Gasteiger partial charge >= 0.3 is 0 Å². The highest BCUT2D eigenvalue weighted by Crippen LogP contribution is 2.28. The van der Waals surface area contributed by atoms with Gasteiger partial charge in [-0.05, 0) is 18.6 Å². The number of rotatable bonds is 2. The maximum Gasteiger partial charge on any atom is 0.220 e. The third-order valence-corrected chi connectivity index (χ3v) is 3.88. The number of nitrogens with one attached hydrogen (secondary N) is 1. The van der Waals surface area contributed by atoms with Crippen LogP contribution >= 0.6 is 11.6 Å². The number of nitrogens with zero attached hydrogens (tertiary/aromatic N) is 3. The number of halogens is 1. The molecule has 3 rings (SSSR count). The smallest absolute Gasteiger partial charge is 0.220 e. The van der Waals surface area contributed by atoms with Crippen molar-refractivity contribution in [3.63, 3.8) is 0 Å². The largest absolute Gasteiger partial charge is 0.354 e. The fourth-order valence-corrected chi connectivity index (χ4v) is 2.89. The van der Waals surface area contributed by atoms with E-state index in [0.717, 1.165) is 17.8 Å². The number of carbonyl (C=O) groups is 1. The molecule has 0 radical (unpaired) electrons. The lowest BCUT2D eigenvalue weighted by molar-refractivity contribution is -0.122. The number of aromatic nitrogens is 2. The number of hydrogen-bond acceptors (Lipinski definition) is 3. The molecule has 1 saturated heterocycles. The van der Waals surface area contributed by atoms with Crippen molar-refractivity contribution in [3.8, 4) is 6.07 Å². The van der Waals surface area contributed by atoms with Crippen molar-refractivity contribution in [1.82, 2.24) is 14.9 Å². The Morgan fingerprint density at radius 3 is 3.05 bits per heavy atom. The summed E-state index contributed by atoms with van der Waals surface area (Å²) in [6.07, 6.45) is 1.27. The molecule has 2 heterocycles. The van der Waals surface area contributed by atoms with Crippen LogP contribution in [-0.4, -0.2) is 22.0 Å². The molecule has 1 aliphatic heterocycles. The van der Waals surface area contributed by atoms with E-state index in [-0.39, 0.29) is 17.8 Å². The highest BCUT2D eigenvalue weighted by Gasteiger charge is 2.24. The Balaban J connectivity index is 2.14. The van der Waals surface area contributed by atoms with Crippen LogP contribution in [0.15, 0.2) is 18.2 Å². The van der Waals surface area contributed by atoms with Crippen LogP contribution in [0.4, 0.5) is 0 Å². The molecule has 1 aromatic heterocycles. The molecule has 0 spiro atoms. The number of imidazole rings is 1. The first-order valence-corrected chi connectivity index (χ1v) is 7.00. The highest BCUT2D eigenvalue weighted by molar-refractivity contribution is 6.16. The summed E-state index contributed by atoms with van der Waals surface area (Å²) in [6.45, 7) is 0.574. The van der Waals surface area contributed by atoms with Crippen LogP contribution in [0.1, 0.15) is 30.3 Å². The molecule has 1 N–H and O–H groups in total. The van der Waals surface area contributed by atoms with E-state index >= 15 is 0 Å². The van der Waals surface area contributed by atoms with Gasteiger partial charge in [0.15, 0.2) is 0 Å². The Morgan fingerprint density at radius 1 is 1.55 bits per heavy atom. The third-order valence-electron chi connectivity index (χ3n) is 3.64. The second-order valence-corrected chi connectivity index (χ2v) is 5.08. The van der Waals surface area contributed by atoms with Gasteiger partial charge in [0.2, 0.25) is 5.91 Å². The molecule has 0 aliphatic carbocycles. The molecule has 5 nitrogen and oxygen atoms in total. The Kier molecular flexibility index (Phi) is 3.33. The second-order valence-electron chi connectivity index (χ2n) is 4.81. The van der Waals surface area contributed by atoms with Crippen molar-refractivity contribution in [1.29, 1.82) is 5.26 Å². The number of piperidine rings is 1. The van der Waals surface area contributed by atoms with Crippen LogP contribution in [0, 0.1) is 11.3 Å². The van der Waals surface area contributed by atoms with Crippen LogP contribution in [0.25, 0.3) is 11.0 Å². The van der Waals surface area contributed by atoms with E-state index in [1.807, 2.05) is 12.1 Å². The zero-order valence-electron chi connectivity index (χ0n) is 10.8. The zero-order valence-corrected chi connectivity index (χ0v) is 11.5. The van der Waals surface area contributed by atoms with E-state index in [2.05, 4.69) is 20.9 Å². The molecule has 1 aromatic carbocycles. The van der Waals surface area contributed by atoms with Gasteiger partial charge in [-0.3, -0.25) is 4.79 Å². The van der Waals surface area contributed by atoms with Crippen LogP contribution in [-0.2, 0) is 10.7 Å². The quantitative estimate of drug-likeness (QED) is 0.860. The van der Waals surface area contributed by atoms with Gasteiger partial charge in [0.05, 0.1) is 23.0 Å². The van der Waals surface area contributed by atoms with Gasteiger partial charge in [-0.15, -0.1) is 11.6 Å². The number of carbonyl (C=O) groups excluding carboxylic acids is 1. The SMILES string of the molecule is N#Cc1cccc2c1nc(CCl)n2C1CCC(=O)NC1. The summed E-state index contributed by atoms with van der Waals surface area (Å²) >= 11 is 5.99. The molecular weight excluding hydrogens is 276 g/mol. The standard InChI is InChI=1S/C14H13ClN4O/c15-6-12-18-14-9(7-16)2-1-3-11(14)19(12)10-4-5-13(20)17-8-10/h1-3,10H,4-6,8H2,(H,17,20). The predicted octanol–water partition coefficient (Wildman–Crippen LogP) is 2.10.